The molecule has 0 spiro atoms. The summed E-state index contributed by atoms with van der Waals surface area (Å²) in [6, 6.07) is 16.8. The Labute approximate surface area is 166 Å². The molecule has 1 atom stereocenters. The van der Waals surface area contributed by atoms with Gasteiger partial charge in [-0.1, -0.05) is 67.6 Å². The van der Waals surface area contributed by atoms with Gasteiger partial charge in [-0.05, 0) is 43.0 Å². The Hall–Kier alpha value is -2.27. The third kappa shape index (κ3) is 4.92. The van der Waals surface area contributed by atoms with Crippen LogP contribution in [0, 0.1) is 6.92 Å². The topological polar surface area (TPSA) is 39.9 Å². The molecule has 2 aromatic carbocycles. The fraction of sp³-hybridized carbons (Fsp3) is 0.364. The number of rotatable bonds is 7. The van der Waals surface area contributed by atoms with Gasteiger partial charge in [-0.15, -0.1) is 10.2 Å². The standard InChI is InChI=1S/C22H27N3OS/c1-15(2)19-9-11-20(12-10-19)26-17(4)21-23-24-22(25(21)5)27-14-18-8-6-7-16(3)13-18/h6-13,15,17H,14H2,1-5H3. The molecule has 1 heterocycles. The van der Waals surface area contributed by atoms with Gasteiger partial charge in [-0.2, -0.15) is 0 Å². The Morgan fingerprint density at radius 1 is 1.04 bits per heavy atom. The molecule has 0 saturated carbocycles. The van der Waals surface area contributed by atoms with Crippen molar-refractivity contribution in [1.82, 2.24) is 14.8 Å². The maximum Gasteiger partial charge on any atom is 0.191 e. The van der Waals surface area contributed by atoms with E-state index in [0.717, 1.165) is 22.5 Å². The first-order valence-corrected chi connectivity index (χ1v) is 10.3. The van der Waals surface area contributed by atoms with Crippen LogP contribution in [0.5, 0.6) is 5.75 Å². The number of nitrogens with zero attached hydrogens (tertiary/aromatic N) is 3. The maximum atomic E-state index is 6.08. The summed E-state index contributed by atoms with van der Waals surface area (Å²) in [5, 5.41) is 9.60. The van der Waals surface area contributed by atoms with Gasteiger partial charge in [0.2, 0.25) is 0 Å². The lowest BCUT2D eigenvalue weighted by molar-refractivity contribution is 0.211. The second-order valence-electron chi connectivity index (χ2n) is 7.16. The normalized spacial score (nSPS) is 12.4. The van der Waals surface area contributed by atoms with Gasteiger partial charge < -0.3 is 9.30 Å². The van der Waals surface area contributed by atoms with Gasteiger partial charge in [0.05, 0.1) is 0 Å². The number of hydrogen-bond acceptors (Lipinski definition) is 4. The van der Waals surface area contributed by atoms with Crippen molar-refractivity contribution in [3.05, 3.63) is 71.0 Å². The summed E-state index contributed by atoms with van der Waals surface area (Å²) in [5.74, 6) is 3.07. The number of aryl methyl sites for hydroxylation is 1. The molecule has 0 aliphatic carbocycles. The lowest BCUT2D eigenvalue weighted by atomic mass is 10.0. The summed E-state index contributed by atoms with van der Waals surface area (Å²) in [4.78, 5) is 0. The van der Waals surface area contributed by atoms with Crippen molar-refractivity contribution in [3.8, 4) is 5.75 Å². The average molecular weight is 382 g/mol. The van der Waals surface area contributed by atoms with Gasteiger partial charge in [-0.3, -0.25) is 0 Å². The van der Waals surface area contributed by atoms with Crippen molar-refractivity contribution >= 4 is 11.8 Å². The van der Waals surface area contributed by atoms with E-state index in [0.29, 0.717) is 5.92 Å². The van der Waals surface area contributed by atoms with E-state index in [-0.39, 0.29) is 6.10 Å². The fourth-order valence-corrected chi connectivity index (χ4v) is 3.80. The van der Waals surface area contributed by atoms with E-state index in [9.17, 15) is 0 Å². The first-order chi connectivity index (χ1) is 12.9. The molecule has 0 radical (unpaired) electrons. The Balaban J connectivity index is 1.65. The molecule has 3 rings (SSSR count). The van der Waals surface area contributed by atoms with E-state index < -0.39 is 0 Å². The van der Waals surface area contributed by atoms with Crippen LogP contribution in [0.3, 0.4) is 0 Å². The fourth-order valence-electron chi connectivity index (χ4n) is 2.94. The molecular formula is C22H27N3OS. The van der Waals surface area contributed by atoms with E-state index in [2.05, 4.69) is 67.4 Å². The molecule has 27 heavy (non-hydrogen) atoms. The van der Waals surface area contributed by atoms with Crippen LogP contribution in [0.2, 0.25) is 0 Å². The van der Waals surface area contributed by atoms with Gasteiger partial charge in [0.25, 0.3) is 0 Å². The van der Waals surface area contributed by atoms with Crippen molar-refractivity contribution in [2.75, 3.05) is 0 Å². The largest absolute Gasteiger partial charge is 0.483 e. The van der Waals surface area contributed by atoms with Crippen molar-refractivity contribution in [1.29, 1.82) is 0 Å². The third-order valence-electron chi connectivity index (χ3n) is 4.54. The second-order valence-corrected chi connectivity index (χ2v) is 8.10. The summed E-state index contributed by atoms with van der Waals surface area (Å²) in [6.45, 7) is 8.50. The van der Waals surface area contributed by atoms with Gasteiger partial charge in [-0.25, -0.2) is 0 Å². The van der Waals surface area contributed by atoms with Gasteiger partial charge >= 0.3 is 0 Å². The number of ether oxygens (including phenoxy) is 1. The Kier molecular flexibility index (Phi) is 6.22. The van der Waals surface area contributed by atoms with Crippen LogP contribution in [0.15, 0.2) is 53.7 Å². The van der Waals surface area contributed by atoms with Crippen molar-refractivity contribution in [2.45, 2.75) is 50.6 Å². The third-order valence-corrected chi connectivity index (χ3v) is 5.63. The molecule has 5 heteroatoms. The Bertz CT molecular complexity index is 887. The smallest absolute Gasteiger partial charge is 0.191 e. The highest BCUT2D eigenvalue weighted by molar-refractivity contribution is 7.98. The first-order valence-electron chi connectivity index (χ1n) is 9.28. The minimum atomic E-state index is -0.166. The van der Waals surface area contributed by atoms with Gasteiger partial charge in [0, 0.05) is 12.8 Å². The molecule has 1 unspecified atom stereocenters. The number of thioether (sulfide) groups is 1. The lowest BCUT2D eigenvalue weighted by Gasteiger charge is -2.15. The molecule has 0 amide bonds. The van der Waals surface area contributed by atoms with Gasteiger partial charge in [0.1, 0.15) is 5.75 Å². The minimum absolute atomic E-state index is 0.166. The maximum absolute atomic E-state index is 6.08. The zero-order valence-corrected chi connectivity index (χ0v) is 17.5. The quantitative estimate of drug-likeness (QED) is 0.494. The van der Waals surface area contributed by atoms with E-state index in [1.54, 1.807) is 11.8 Å². The molecule has 4 nitrogen and oxygen atoms in total. The molecule has 0 bridgehead atoms. The van der Waals surface area contributed by atoms with Crippen LogP contribution < -0.4 is 4.74 Å². The molecular weight excluding hydrogens is 354 g/mol. The molecule has 0 saturated heterocycles. The molecule has 0 fully saturated rings. The van der Waals surface area contributed by atoms with Crippen LogP contribution >= 0.6 is 11.8 Å². The lowest BCUT2D eigenvalue weighted by Crippen LogP contribution is -2.10. The molecule has 0 aliphatic heterocycles. The predicted molar refractivity (Wildman–Crippen MR) is 111 cm³/mol. The second kappa shape index (κ2) is 8.61. The van der Waals surface area contributed by atoms with E-state index in [1.165, 1.54) is 16.7 Å². The summed E-state index contributed by atoms with van der Waals surface area (Å²) >= 11 is 1.69. The minimum Gasteiger partial charge on any atom is -0.483 e. The summed E-state index contributed by atoms with van der Waals surface area (Å²) in [7, 11) is 2.00. The Morgan fingerprint density at radius 2 is 1.78 bits per heavy atom. The molecule has 0 N–H and O–H groups in total. The van der Waals surface area contributed by atoms with Crippen molar-refractivity contribution in [3.63, 3.8) is 0 Å². The van der Waals surface area contributed by atoms with E-state index in [4.69, 9.17) is 4.74 Å². The number of hydrogen-bond donors (Lipinski definition) is 0. The SMILES string of the molecule is Cc1cccc(CSc2nnc(C(C)Oc3ccc(C(C)C)cc3)n2C)c1. The van der Waals surface area contributed by atoms with E-state index >= 15 is 0 Å². The zero-order chi connectivity index (χ0) is 19.4. The van der Waals surface area contributed by atoms with Gasteiger partial charge in [0.15, 0.2) is 17.1 Å². The monoisotopic (exact) mass is 381 g/mol. The summed E-state index contributed by atoms with van der Waals surface area (Å²) in [5.41, 5.74) is 3.87. The highest BCUT2D eigenvalue weighted by Gasteiger charge is 2.17. The summed E-state index contributed by atoms with van der Waals surface area (Å²) in [6.07, 6.45) is -0.166. The average Bonchev–Trinajstić information content (AvgIpc) is 3.01. The Morgan fingerprint density at radius 3 is 2.44 bits per heavy atom. The summed E-state index contributed by atoms with van der Waals surface area (Å²) < 4.78 is 8.10. The first kappa shape index (κ1) is 19.5. The van der Waals surface area contributed by atoms with Crippen molar-refractivity contribution < 1.29 is 4.74 Å². The van der Waals surface area contributed by atoms with Crippen LogP contribution in [0.1, 0.15) is 55.3 Å². The van der Waals surface area contributed by atoms with Crippen LogP contribution in [-0.4, -0.2) is 14.8 Å². The van der Waals surface area contributed by atoms with E-state index in [1.807, 2.05) is 30.7 Å². The van der Waals surface area contributed by atoms with Crippen LogP contribution in [0.25, 0.3) is 0 Å². The number of benzene rings is 2. The van der Waals surface area contributed by atoms with Crippen LogP contribution in [0.4, 0.5) is 0 Å². The molecule has 3 aromatic rings. The van der Waals surface area contributed by atoms with Crippen LogP contribution in [-0.2, 0) is 12.8 Å². The van der Waals surface area contributed by atoms with Crippen molar-refractivity contribution in [2.24, 2.45) is 7.05 Å². The highest BCUT2D eigenvalue weighted by Crippen LogP contribution is 2.26. The molecule has 142 valence electrons. The predicted octanol–water partition coefficient (Wildman–Crippen LogP) is 5.68. The molecule has 0 aliphatic rings. The highest BCUT2D eigenvalue weighted by atomic mass is 32.2. The zero-order valence-electron chi connectivity index (χ0n) is 16.6. The number of aromatic nitrogens is 3. The molecule has 1 aromatic heterocycles.